The SMILES string of the molecule is CNCCC(c1cccc(F)c1)N1CC(C)(C)c2ncccc21. The summed E-state index contributed by atoms with van der Waals surface area (Å²) in [7, 11) is 1.95. The molecule has 1 aliphatic heterocycles. The van der Waals surface area contributed by atoms with Crippen molar-refractivity contribution in [1.29, 1.82) is 0 Å². The first kappa shape index (κ1) is 15.9. The summed E-state index contributed by atoms with van der Waals surface area (Å²) in [6, 6.07) is 11.2. The fourth-order valence-electron chi connectivity index (χ4n) is 3.51. The zero-order valence-electron chi connectivity index (χ0n) is 14.0. The zero-order valence-corrected chi connectivity index (χ0v) is 14.0. The molecule has 1 aromatic carbocycles. The molecule has 1 aliphatic rings. The van der Waals surface area contributed by atoms with Crippen molar-refractivity contribution in [2.45, 2.75) is 31.7 Å². The highest BCUT2D eigenvalue weighted by molar-refractivity contribution is 5.60. The summed E-state index contributed by atoms with van der Waals surface area (Å²) < 4.78 is 13.7. The highest BCUT2D eigenvalue weighted by Gasteiger charge is 2.39. The average molecular weight is 313 g/mol. The summed E-state index contributed by atoms with van der Waals surface area (Å²) >= 11 is 0. The lowest BCUT2D eigenvalue weighted by molar-refractivity contribution is 0.489. The van der Waals surface area contributed by atoms with Gasteiger partial charge in [-0.05, 0) is 49.8 Å². The Labute approximate surface area is 137 Å². The first-order valence-electron chi connectivity index (χ1n) is 8.15. The average Bonchev–Trinajstić information content (AvgIpc) is 2.80. The smallest absolute Gasteiger partial charge is 0.123 e. The molecule has 3 nitrogen and oxygen atoms in total. The van der Waals surface area contributed by atoms with Crippen LogP contribution in [0, 0.1) is 5.82 Å². The number of hydrogen-bond acceptors (Lipinski definition) is 3. The molecule has 3 rings (SSSR count). The van der Waals surface area contributed by atoms with Gasteiger partial charge in [-0.2, -0.15) is 0 Å². The van der Waals surface area contributed by atoms with E-state index in [1.165, 1.54) is 11.8 Å². The first-order chi connectivity index (χ1) is 11.0. The van der Waals surface area contributed by atoms with E-state index in [9.17, 15) is 4.39 Å². The number of anilines is 1. The van der Waals surface area contributed by atoms with Gasteiger partial charge in [0.1, 0.15) is 5.82 Å². The van der Waals surface area contributed by atoms with Gasteiger partial charge >= 0.3 is 0 Å². The Morgan fingerprint density at radius 2 is 2.13 bits per heavy atom. The predicted octanol–water partition coefficient (Wildman–Crippen LogP) is 3.67. The van der Waals surface area contributed by atoms with Gasteiger partial charge < -0.3 is 10.2 Å². The molecule has 2 aromatic rings. The third kappa shape index (κ3) is 3.08. The topological polar surface area (TPSA) is 28.2 Å². The van der Waals surface area contributed by atoms with E-state index >= 15 is 0 Å². The van der Waals surface area contributed by atoms with E-state index in [0.29, 0.717) is 0 Å². The minimum Gasteiger partial charge on any atom is -0.362 e. The van der Waals surface area contributed by atoms with E-state index in [-0.39, 0.29) is 17.3 Å². The van der Waals surface area contributed by atoms with E-state index in [4.69, 9.17) is 0 Å². The van der Waals surface area contributed by atoms with Gasteiger partial charge in [0.05, 0.1) is 17.4 Å². The third-order valence-electron chi connectivity index (χ3n) is 4.58. The molecule has 0 bridgehead atoms. The summed E-state index contributed by atoms with van der Waals surface area (Å²) in [5, 5.41) is 3.21. The van der Waals surface area contributed by atoms with Crippen molar-refractivity contribution in [3.8, 4) is 0 Å². The predicted molar refractivity (Wildman–Crippen MR) is 92.3 cm³/mol. The summed E-state index contributed by atoms with van der Waals surface area (Å²) in [5.41, 5.74) is 3.32. The van der Waals surface area contributed by atoms with Crippen LogP contribution in [-0.2, 0) is 5.41 Å². The minimum atomic E-state index is -0.179. The van der Waals surface area contributed by atoms with Crippen LogP contribution in [0.1, 0.15) is 37.6 Å². The second kappa shape index (κ2) is 6.28. The highest BCUT2D eigenvalue weighted by atomic mass is 19.1. The van der Waals surface area contributed by atoms with Crippen molar-refractivity contribution in [3.05, 3.63) is 59.7 Å². The van der Waals surface area contributed by atoms with E-state index in [1.54, 1.807) is 12.1 Å². The van der Waals surface area contributed by atoms with Gasteiger partial charge in [0.25, 0.3) is 0 Å². The van der Waals surface area contributed by atoms with Crippen molar-refractivity contribution in [3.63, 3.8) is 0 Å². The summed E-state index contributed by atoms with van der Waals surface area (Å²) in [5.74, 6) is -0.179. The number of hydrogen-bond donors (Lipinski definition) is 1. The zero-order chi connectivity index (χ0) is 16.4. The van der Waals surface area contributed by atoms with Crippen molar-refractivity contribution >= 4 is 5.69 Å². The molecule has 1 atom stereocenters. The lowest BCUT2D eigenvalue weighted by Gasteiger charge is -2.32. The second-order valence-corrected chi connectivity index (χ2v) is 6.85. The van der Waals surface area contributed by atoms with Gasteiger partial charge in [0.15, 0.2) is 0 Å². The van der Waals surface area contributed by atoms with Crippen LogP contribution in [0.4, 0.5) is 10.1 Å². The number of benzene rings is 1. The molecule has 1 unspecified atom stereocenters. The number of nitrogens with one attached hydrogen (secondary N) is 1. The van der Waals surface area contributed by atoms with Gasteiger partial charge in [-0.3, -0.25) is 4.98 Å². The van der Waals surface area contributed by atoms with Crippen molar-refractivity contribution in [1.82, 2.24) is 10.3 Å². The van der Waals surface area contributed by atoms with Crippen molar-refractivity contribution in [2.75, 3.05) is 25.0 Å². The molecule has 0 spiro atoms. The van der Waals surface area contributed by atoms with Crippen LogP contribution in [0.3, 0.4) is 0 Å². The van der Waals surface area contributed by atoms with Crippen LogP contribution in [0.15, 0.2) is 42.6 Å². The first-order valence-corrected chi connectivity index (χ1v) is 8.15. The maximum Gasteiger partial charge on any atom is 0.123 e. The Morgan fingerprint density at radius 3 is 2.87 bits per heavy atom. The molecule has 0 radical (unpaired) electrons. The van der Waals surface area contributed by atoms with E-state index in [2.05, 4.69) is 35.1 Å². The molecule has 0 saturated heterocycles. The molecule has 0 amide bonds. The van der Waals surface area contributed by atoms with Gasteiger partial charge in [-0.1, -0.05) is 26.0 Å². The lowest BCUT2D eigenvalue weighted by Crippen LogP contribution is -2.33. The van der Waals surface area contributed by atoms with Gasteiger partial charge in [0.2, 0.25) is 0 Å². The fourth-order valence-corrected chi connectivity index (χ4v) is 3.51. The van der Waals surface area contributed by atoms with Crippen LogP contribution in [-0.4, -0.2) is 25.1 Å². The monoisotopic (exact) mass is 313 g/mol. The lowest BCUT2D eigenvalue weighted by atomic mass is 9.91. The Kier molecular flexibility index (Phi) is 4.35. The quantitative estimate of drug-likeness (QED) is 0.913. The molecule has 0 aliphatic carbocycles. The Morgan fingerprint density at radius 1 is 1.30 bits per heavy atom. The van der Waals surface area contributed by atoms with Gasteiger partial charge in [0, 0.05) is 18.2 Å². The number of fused-ring (bicyclic) bond motifs is 1. The maximum atomic E-state index is 13.7. The summed E-state index contributed by atoms with van der Waals surface area (Å²) in [6.45, 7) is 6.22. The third-order valence-corrected chi connectivity index (χ3v) is 4.58. The molecule has 0 fully saturated rings. The molecule has 122 valence electrons. The normalized spacial score (nSPS) is 17.1. The van der Waals surface area contributed by atoms with Gasteiger partial charge in [-0.25, -0.2) is 4.39 Å². The van der Waals surface area contributed by atoms with E-state index in [1.807, 2.05) is 25.4 Å². The molecule has 1 aromatic heterocycles. The summed E-state index contributed by atoms with van der Waals surface area (Å²) in [4.78, 5) is 6.99. The van der Waals surface area contributed by atoms with Crippen LogP contribution >= 0.6 is 0 Å². The molecule has 2 heterocycles. The van der Waals surface area contributed by atoms with E-state index < -0.39 is 0 Å². The minimum absolute atomic E-state index is 0.00180. The largest absolute Gasteiger partial charge is 0.362 e. The van der Waals surface area contributed by atoms with Crippen LogP contribution < -0.4 is 10.2 Å². The Hall–Kier alpha value is -1.94. The standard InChI is InChI=1S/C19H24FN3/c1-19(2)13-23(17-8-5-10-22-18(17)19)16(9-11-21-3)14-6-4-7-15(20)12-14/h4-8,10,12,16,21H,9,11,13H2,1-3H3. The van der Waals surface area contributed by atoms with Gasteiger partial charge in [-0.15, -0.1) is 0 Å². The maximum absolute atomic E-state index is 13.7. The van der Waals surface area contributed by atoms with Crippen LogP contribution in [0.25, 0.3) is 0 Å². The van der Waals surface area contributed by atoms with Crippen molar-refractivity contribution in [2.24, 2.45) is 0 Å². The molecular weight excluding hydrogens is 289 g/mol. The number of aromatic nitrogens is 1. The van der Waals surface area contributed by atoms with Crippen LogP contribution in [0.5, 0.6) is 0 Å². The summed E-state index contributed by atoms with van der Waals surface area (Å²) in [6.07, 6.45) is 2.78. The Bertz CT molecular complexity index is 684. The number of rotatable bonds is 5. The number of nitrogens with zero attached hydrogens (tertiary/aromatic N) is 2. The van der Waals surface area contributed by atoms with Crippen molar-refractivity contribution < 1.29 is 4.39 Å². The number of pyridine rings is 1. The van der Waals surface area contributed by atoms with E-state index in [0.717, 1.165) is 30.8 Å². The molecular formula is C19H24FN3. The fraction of sp³-hybridized carbons (Fsp3) is 0.421. The Balaban J connectivity index is 2.01. The highest BCUT2D eigenvalue weighted by Crippen LogP contribution is 2.43. The molecule has 1 N–H and O–H groups in total. The molecule has 0 saturated carbocycles. The van der Waals surface area contributed by atoms with Crippen LogP contribution in [0.2, 0.25) is 0 Å². The number of halogens is 1. The molecule has 4 heteroatoms. The second-order valence-electron chi connectivity index (χ2n) is 6.85. The molecule has 23 heavy (non-hydrogen) atoms.